The summed E-state index contributed by atoms with van der Waals surface area (Å²) in [5, 5.41) is 12.5. The van der Waals surface area contributed by atoms with Crippen LogP contribution in [0.25, 0.3) is 98.4 Å². The number of para-hydroxylation sites is 1. The van der Waals surface area contributed by atoms with Gasteiger partial charge in [0.05, 0.1) is 11.0 Å². The van der Waals surface area contributed by atoms with Gasteiger partial charge in [-0.05, 0) is 131 Å². The summed E-state index contributed by atoms with van der Waals surface area (Å²) < 4.78 is 2.34. The number of allylic oxidation sites excluding steroid dienone is 4. The Morgan fingerprint density at radius 3 is 1.78 bits per heavy atom. The average Bonchev–Trinajstić information content (AvgIpc) is 3.64. The van der Waals surface area contributed by atoms with Crippen LogP contribution in [-0.4, -0.2) is 9.55 Å². The van der Waals surface area contributed by atoms with Crippen molar-refractivity contribution in [3.63, 3.8) is 0 Å². The van der Waals surface area contributed by atoms with Crippen LogP contribution in [0.1, 0.15) is 23.5 Å². The summed E-state index contributed by atoms with van der Waals surface area (Å²) in [6.45, 7) is 0. The molecule has 0 amide bonds. The highest BCUT2D eigenvalue weighted by Gasteiger charge is 2.20. The first kappa shape index (κ1) is 33.6. The van der Waals surface area contributed by atoms with E-state index in [9.17, 15) is 0 Å². The minimum absolute atomic E-state index is 0.361. The third-order valence-electron chi connectivity index (χ3n) is 12.6. The van der Waals surface area contributed by atoms with Gasteiger partial charge in [-0.3, -0.25) is 4.98 Å². The molecule has 1 aliphatic rings. The summed E-state index contributed by atoms with van der Waals surface area (Å²) in [5.74, 6) is 0.361. The summed E-state index contributed by atoms with van der Waals surface area (Å²) >= 11 is 0. The van der Waals surface area contributed by atoms with Gasteiger partial charge in [0.25, 0.3) is 0 Å². The van der Waals surface area contributed by atoms with Crippen molar-refractivity contribution in [2.45, 2.75) is 12.3 Å². The molecule has 2 nitrogen and oxygen atoms in total. The van der Waals surface area contributed by atoms with Gasteiger partial charge in [0.1, 0.15) is 0 Å². The molecule has 0 fully saturated rings. The Balaban J connectivity index is 0.928. The second-order valence-corrected chi connectivity index (χ2v) is 15.9. The lowest BCUT2D eigenvalue weighted by atomic mass is 9.82. The van der Waals surface area contributed by atoms with Gasteiger partial charge in [0.2, 0.25) is 0 Å². The molecule has 0 aliphatic heterocycles. The molecule has 0 N–H and O–H groups in total. The second-order valence-electron chi connectivity index (χ2n) is 15.9. The predicted octanol–water partition coefficient (Wildman–Crippen LogP) is 15.3. The molecule has 0 saturated carbocycles. The smallest absolute Gasteiger partial charge is 0.0571 e. The summed E-state index contributed by atoms with van der Waals surface area (Å²) in [4.78, 5) is 4.51. The van der Waals surface area contributed by atoms with Gasteiger partial charge in [0, 0.05) is 34.8 Å². The van der Waals surface area contributed by atoms with E-state index in [2.05, 4.69) is 210 Å². The van der Waals surface area contributed by atoms with Crippen LogP contribution in [0.5, 0.6) is 0 Å². The van der Waals surface area contributed by atoms with E-state index in [1.807, 2.05) is 12.4 Å². The van der Waals surface area contributed by atoms with Crippen LogP contribution in [0.3, 0.4) is 0 Å². The zero-order chi connectivity index (χ0) is 38.9. The lowest BCUT2D eigenvalue weighted by Gasteiger charge is -2.22. The van der Waals surface area contributed by atoms with Crippen LogP contribution in [0.15, 0.2) is 213 Å². The number of benzene rings is 9. The van der Waals surface area contributed by atoms with E-state index < -0.39 is 0 Å². The van der Waals surface area contributed by atoms with Crippen LogP contribution in [0.4, 0.5) is 0 Å². The SMILES string of the molecule is C1=CC(c2ccc3ccccc3c2)CC=C1c1c2ccccc2c(-c2ccc3cc(-c4ccc5c(c4)c4cnccc4n5-c4ccccc4)ccc3c2)c2ccccc12. The fraction of sp³-hybridized carbons (Fsp3) is 0.0351. The molecule has 1 aliphatic carbocycles. The fourth-order valence-electron chi connectivity index (χ4n) is 9.72. The van der Waals surface area contributed by atoms with Gasteiger partial charge in [-0.2, -0.15) is 0 Å². The van der Waals surface area contributed by atoms with Crippen LogP contribution >= 0.6 is 0 Å². The molecule has 11 aromatic rings. The van der Waals surface area contributed by atoms with Crippen LogP contribution in [-0.2, 0) is 0 Å². The summed E-state index contributed by atoms with van der Waals surface area (Å²) in [6.07, 6.45) is 12.1. The minimum atomic E-state index is 0.361. The normalized spacial score (nSPS) is 14.2. The van der Waals surface area contributed by atoms with E-state index in [0.717, 1.165) is 23.0 Å². The van der Waals surface area contributed by atoms with Crippen molar-refractivity contribution < 1.29 is 0 Å². The zero-order valence-corrected chi connectivity index (χ0v) is 32.4. The zero-order valence-electron chi connectivity index (χ0n) is 32.4. The Kier molecular flexibility index (Phi) is 7.71. The molecule has 59 heavy (non-hydrogen) atoms. The maximum absolute atomic E-state index is 4.51. The number of nitrogens with zero attached hydrogens (tertiary/aromatic N) is 2. The predicted molar refractivity (Wildman–Crippen MR) is 250 cm³/mol. The van der Waals surface area contributed by atoms with E-state index in [1.165, 1.54) is 92.9 Å². The Morgan fingerprint density at radius 2 is 1.03 bits per heavy atom. The summed E-state index contributed by atoms with van der Waals surface area (Å²) in [7, 11) is 0. The number of hydrogen-bond donors (Lipinski definition) is 0. The largest absolute Gasteiger partial charge is 0.309 e. The van der Waals surface area contributed by atoms with Crippen molar-refractivity contribution in [3.8, 4) is 27.9 Å². The van der Waals surface area contributed by atoms with Crippen LogP contribution in [0.2, 0.25) is 0 Å². The first-order chi connectivity index (χ1) is 29.2. The first-order valence-corrected chi connectivity index (χ1v) is 20.5. The average molecular weight is 751 g/mol. The first-order valence-electron chi connectivity index (χ1n) is 20.5. The molecule has 2 aromatic heterocycles. The molecule has 0 radical (unpaired) electrons. The van der Waals surface area contributed by atoms with Crippen molar-refractivity contribution in [2.75, 3.05) is 0 Å². The van der Waals surface area contributed by atoms with E-state index in [1.54, 1.807) is 0 Å². The number of rotatable bonds is 5. The Hall–Kier alpha value is -7.55. The molecule has 1 unspecified atom stereocenters. The fourth-order valence-corrected chi connectivity index (χ4v) is 9.72. The van der Waals surface area contributed by atoms with E-state index in [-0.39, 0.29) is 0 Å². The van der Waals surface area contributed by atoms with Crippen molar-refractivity contribution in [2.24, 2.45) is 0 Å². The lowest BCUT2D eigenvalue weighted by molar-refractivity contribution is 0.858. The second kappa shape index (κ2) is 13.5. The van der Waals surface area contributed by atoms with Gasteiger partial charge < -0.3 is 4.57 Å². The third-order valence-corrected chi connectivity index (χ3v) is 12.6. The number of fused-ring (bicyclic) bond motifs is 7. The monoisotopic (exact) mass is 750 g/mol. The van der Waals surface area contributed by atoms with Crippen molar-refractivity contribution in [1.29, 1.82) is 0 Å². The Labute approximate surface area is 342 Å². The molecule has 2 heterocycles. The van der Waals surface area contributed by atoms with Gasteiger partial charge in [-0.25, -0.2) is 0 Å². The molecule has 0 saturated heterocycles. The molecule has 9 aromatic carbocycles. The van der Waals surface area contributed by atoms with Crippen molar-refractivity contribution >= 4 is 70.5 Å². The molecule has 2 heteroatoms. The highest BCUT2D eigenvalue weighted by atomic mass is 15.0. The summed E-state index contributed by atoms with van der Waals surface area (Å²) in [6, 6.07) is 66.9. The van der Waals surface area contributed by atoms with Gasteiger partial charge in [-0.15, -0.1) is 0 Å². The Bertz CT molecular complexity index is 3470. The minimum Gasteiger partial charge on any atom is -0.309 e. The molecule has 0 spiro atoms. The van der Waals surface area contributed by atoms with E-state index in [4.69, 9.17) is 0 Å². The van der Waals surface area contributed by atoms with E-state index in [0.29, 0.717) is 5.92 Å². The standard InChI is InChI=1S/C57H38N2/c1-2-12-47(13-3-1)59-54-29-28-45(35-52(54)53-36-58-31-30-55(53)59)43-24-25-44-34-46(27-26-42(44)33-43)57-50-16-8-6-14-48(50)56(49-15-7-9-17-51(49)57)39-21-18-38(19-22-39)41-23-20-37-10-4-5-11-40(37)32-41/h1-18,20-36,38H,19H2. The molecule has 0 bridgehead atoms. The number of hydrogen-bond acceptors (Lipinski definition) is 1. The molecule has 1 atom stereocenters. The van der Waals surface area contributed by atoms with Crippen LogP contribution < -0.4 is 0 Å². The molecule has 12 rings (SSSR count). The quantitative estimate of drug-likeness (QED) is 0.160. The van der Waals surface area contributed by atoms with Crippen LogP contribution in [0, 0.1) is 0 Å². The number of pyridine rings is 1. The van der Waals surface area contributed by atoms with Gasteiger partial charge >= 0.3 is 0 Å². The molecular weight excluding hydrogens is 713 g/mol. The summed E-state index contributed by atoms with van der Waals surface area (Å²) in [5.41, 5.74) is 12.4. The maximum atomic E-state index is 4.51. The molecule has 276 valence electrons. The van der Waals surface area contributed by atoms with Gasteiger partial charge in [0.15, 0.2) is 0 Å². The third kappa shape index (κ3) is 5.52. The topological polar surface area (TPSA) is 17.8 Å². The van der Waals surface area contributed by atoms with Crippen molar-refractivity contribution in [3.05, 3.63) is 224 Å². The lowest BCUT2D eigenvalue weighted by Crippen LogP contribution is -2.00. The Morgan fingerprint density at radius 1 is 0.441 bits per heavy atom. The van der Waals surface area contributed by atoms with Gasteiger partial charge in [-0.1, -0.05) is 158 Å². The van der Waals surface area contributed by atoms with Crippen molar-refractivity contribution in [1.82, 2.24) is 9.55 Å². The highest BCUT2D eigenvalue weighted by molar-refractivity contribution is 6.20. The number of aromatic nitrogens is 2. The van der Waals surface area contributed by atoms with E-state index >= 15 is 0 Å². The highest BCUT2D eigenvalue weighted by Crippen LogP contribution is 2.45. The maximum Gasteiger partial charge on any atom is 0.0571 e. The molecular formula is C57H38N2.